The second-order valence-corrected chi connectivity index (χ2v) is 3.48. The van der Waals surface area contributed by atoms with E-state index < -0.39 is 5.54 Å². The zero-order valence-electron chi connectivity index (χ0n) is 8.71. The van der Waals surface area contributed by atoms with Crippen molar-refractivity contribution >= 4 is 11.9 Å². The van der Waals surface area contributed by atoms with Gasteiger partial charge in [-0.3, -0.25) is 10.1 Å². The highest BCUT2D eigenvalue weighted by atomic mass is 16.5. The van der Waals surface area contributed by atoms with Gasteiger partial charge in [0.1, 0.15) is 0 Å². The third kappa shape index (κ3) is 2.29. The lowest BCUT2D eigenvalue weighted by Crippen LogP contribution is -2.47. The van der Waals surface area contributed by atoms with E-state index in [1.807, 2.05) is 0 Å². The van der Waals surface area contributed by atoms with Crippen LogP contribution < -0.4 is 10.6 Å². The van der Waals surface area contributed by atoms with Crippen LogP contribution in [-0.4, -0.2) is 28.6 Å². The average Bonchev–Trinajstić information content (AvgIpc) is 2.51. The molecule has 14 heavy (non-hydrogen) atoms. The van der Waals surface area contributed by atoms with Crippen molar-refractivity contribution in [1.29, 1.82) is 0 Å². The molecule has 2 N–H and O–H groups in total. The van der Waals surface area contributed by atoms with Gasteiger partial charge in [-0.1, -0.05) is 5.16 Å². The first-order chi connectivity index (χ1) is 6.45. The smallest absolute Gasteiger partial charge is 0.315 e. The van der Waals surface area contributed by atoms with Gasteiger partial charge < -0.3 is 9.84 Å². The van der Waals surface area contributed by atoms with E-state index in [0.717, 1.165) is 0 Å². The SMILES string of the molecule is CNC(C)(C)C(=O)Nc1nc(C)no1. The van der Waals surface area contributed by atoms with Gasteiger partial charge in [0.05, 0.1) is 5.54 Å². The molecule has 0 unspecified atom stereocenters. The Balaban J connectivity index is 2.66. The Morgan fingerprint density at radius 3 is 2.57 bits per heavy atom. The van der Waals surface area contributed by atoms with Crippen molar-refractivity contribution in [3.05, 3.63) is 5.82 Å². The molecule has 0 aliphatic heterocycles. The first-order valence-corrected chi connectivity index (χ1v) is 4.26. The Hall–Kier alpha value is -1.43. The predicted molar refractivity (Wildman–Crippen MR) is 50.8 cm³/mol. The van der Waals surface area contributed by atoms with E-state index in [4.69, 9.17) is 4.52 Å². The fourth-order valence-corrected chi connectivity index (χ4v) is 0.715. The number of carbonyl (C=O) groups is 1. The topological polar surface area (TPSA) is 80.0 Å². The minimum atomic E-state index is -0.664. The van der Waals surface area contributed by atoms with Crippen molar-refractivity contribution in [2.75, 3.05) is 12.4 Å². The molecule has 0 bridgehead atoms. The number of amides is 1. The van der Waals surface area contributed by atoms with Gasteiger partial charge in [-0.15, -0.1) is 0 Å². The van der Waals surface area contributed by atoms with Crippen LogP contribution >= 0.6 is 0 Å². The third-order valence-electron chi connectivity index (χ3n) is 1.94. The largest absolute Gasteiger partial charge is 0.328 e. The van der Waals surface area contributed by atoms with Crippen molar-refractivity contribution in [3.63, 3.8) is 0 Å². The lowest BCUT2D eigenvalue weighted by atomic mass is 10.1. The molecule has 1 aromatic rings. The highest BCUT2D eigenvalue weighted by Gasteiger charge is 2.26. The van der Waals surface area contributed by atoms with E-state index in [9.17, 15) is 4.79 Å². The summed E-state index contributed by atoms with van der Waals surface area (Å²) in [5.41, 5.74) is -0.664. The van der Waals surface area contributed by atoms with Gasteiger partial charge in [0.25, 0.3) is 0 Å². The Kier molecular flexibility index (Phi) is 2.85. The molecule has 6 nitrogen and oxygen atoms in total. The molecule has 0 radical (unpaired) electrons. The molecule has 78 valence electrons. The Morgan fingerprint density at radius 1 is 1.50 bits per heavy atom. The molecular formula is C8H14N4O2. The van der Waals surface area contributed by atoms with Gasteiger partial charge in [-0.25, -0.2) is 0 Å². The Labute approximate surface area is 82.1 Å². The number of nitrogens with one attached hydrogen (secondary N) is 2. The number of rotatable bonds is 3. The van der Waals surface area contributed by atoms with E-state index in [1.54, 1.807) is 27.8 Å². The molecular weight excluding hydrogens is 184 g/mol. The van der Waals surface area contributed by atoms with E-state index in [-0.39, 0.29) is 11.9 Å². The number of aryl methyl sites for hydroxylation is 1. The maximum Gasteiger partial charge on any atom is 0.328 e. The van der Waals surface area contributed by atoms with Crippen LogP contribution in [0.25, 0.3) is 0 Å². The standard InChI is InChI=1S/C8H14N4O2/c1-5-10-7(14-12-5)11-6(13)8(2,3)9-4/h9H,1-4H3,(H,10,11,12,13). The summed E-state index contributed by atoms with van der Waals surface area (Å²) in [4.78, 5) is 15.4. The van der Waals surface area contributed by atoms with Gasteiger partial charge >= 0.3 is 6.01 Å². The molecule has 0 spiro atoms. The fraction of sp³-hybridized carbons (Fsp3) is 0.625. The van der Waals surface area contributed by atoms with Crippen molar-refractivity contribution in [2.24, 2.45) is 0 Å². The van der Waals surface area contributed by atoms with E-state index in [0.29, 0.717) is 5.82 Å². The van der Waals surface area contributed by atoms with Gasteiger partial charge in [0.15, 0.2) is 5.82 Å². The zero-order valence-corrected chi connectivity index (χ0v) is 8.71. The molecule has 0 atom stereocenters. The maximum absolute atomic E-state index is 11.6. The maximum atomic E-state index is 11.6. The normalized spacial score (nSPS) is 11.4. The summed E-state index contributed by atoms with van der Waals surface area (Å²) in [7, 11) is 1.71. The van der Waals surface area contributed by atoms with Crippen LogP contribution in [0.15, 0.2) is 4.52 Å². The first-order valence-electron chi connectivity index (χ1n) is 4.26. The fourth-order valence-electron chi connectivity index (χ4n) is 0.715. The second-order valence-electron chi connectivity index (χ2n) is 3.48. The molecule has 1 amide bonds. The number of hydrogen-bond acceptors (Lipinski definition) is 5. The zero-order chi connectivity index (χ0) is 10.8. The summed E-state index contributed by atoms with van der Waals surface area (Å²) in [6.45, 7) is 5.19. The highest BCUT2D eigenvalue weighted by molar-refractivity contribution is 5.95. The lowest BCUT2D eigenvalue weighted by molar-refractivity contribution is -0.121. The molecule has 1 heterocycles. The highest BCUT2D eigenvalue weighted by Crippen LogP contribution is 2.07. The number of likely N-dealkylation sites (N-methyl/N-ethyl adjacent to an activating group) is 1. The molecule has 6 heteroatoms. The number of hydrogen-bond donors (Lipinski definition) is 2. The first kappa shape index (κ1) is 10.6. The quantitative estimate of drug-likeness (QED) is 0.730. The number of aromatic nitrogens is 2. The van der Waals surface area contributed by atoms with Crippen LogP contribution in [-0.2, 0) is 4.79 Å². The average molecular weight is 198 g/mol. The molecule has 1 rings (SSSR count). The van der Waals surface area contributed by atoms with Gasteiger partial charge in [-0.05, 0) is 27.8 Å². The van der Waals surface area contributed by atoms with Crippen LogP contribution in [0.1, 0.15) is 19.7 Å². The summed E-state index contributed by atoms with van der Waals surface area (Å²) >= 11 is 0. The minimum absolute atomic E-state index is 0.121. The second kappa shape index (κ2) is 3.75. The third-order valence-corrected chi connectivity index (χ3v) is 1.94. The van der Waals surface area contributed by atoms with Crippen molar-refractivity contribution in [1.82, 2.24) is 15.5 Å². The summed E-state index contributed by atoms with van der Waals surface area (Å²) in [5, 5.41) is 8.93. The van der Waals surface area contributed by atoms with Crippen LogP contribution in [0, 0.1) is 6.92 Å². The van der Waals surface area contributed by atoms with Gasteiger partial charge in [0.2, 0.25) is 5.91 Å². The Bertz CT molecular complexity index is 332. The summed E-state index contributed by atoms with van der Waals surface area (Å²) < 4.78 is 4.75. The van der Waals surface area contributed by atoms with Crippen LogP contribution in [0.5, 0.6) is 0 Å². The monoisotopic (exact) mass is 198 g/mol. The van der Waals surface area contributed by atoms with E-state index in [1.165, 1.54) is 0 Å². The molecule has 0 aromatic carbocycles. The van der Waals surface area contributed by atoms with Gasteiger partial charge in [0, 0.05) is 0 Å². The number of nitrogens with zero attached hydrogens (tertiary/aromatic N) is 2. The van der Waals surface area contributed by atoms with Crippen molar-refractivity contribution in [3.8, 4) is 0 Å². The Morgan fingerprint density at radius 2 is 2.14 bits per heavy atom. The van der Waals surface area contributed by atoms with E-state index >= 15 is 0 Å². The van der Waals surface area contributed by atoms with Crippen LogP contribution in [0.4, 0.5) is 6.01 Å². The van der Waals surface area contributed by atoms with Crippen molar-refractivity contribution < 1.29 is 9.32 Å². The predicted octanol–water partition coefficient (Wildman–Crippen LogP) is 0.315. The lowest BCUT2D eigenvalue weighted by Gasteiger charge is -2.21. The molecule has 0 saturated heterocycles. The molecule has 1 aromatic heterocycles. The molecule has 0 saturated carbocycles. The summed E-state index contributed by atoms with van der Waals surface area (Å²) in [6, 6.07) is 0.121. The van der Waals surface area contributed by atoms with Crippen molar-refractivity contribution in [2.45, 2.75) is 26.3 Å². The summed E-state index contributed by atoms with van der Waals surface area (Å²) in [6.07, 6.45) is 0. The number of carbonyl (C=O) groups excluding carboxylic acids is 1. The molecule has 0 aliphatic rings. The summed E-state index contributed by atoms with van der Waals surface area (Å²) in [5.74, 6) is 0.270. The van der Waals surface area contributed by atoms with E-state index in [2.05, 4.69) is 20.8 Å². The number of anilines is 1. The van der Waals surface area contributed by atoms with Crippen LogP contribution in [0.3, 0.4) is 0 Å². The van der Waals surface area contributed by atoms with Crippen LogP contribution in [0.2, 0.25) is 0 Å². The van der Waals surface area contributed by atoms with Gasteiger partial charge in [-0.2, -0.15) is 4.98 Å². The molecule has 0 aliphatic carbocycles. The molecule has 0 fully saturated rings. The minimum Gasteiger partial charge on any atom is -0.315 e.